The minimum atomic E-state index is -5.14. The number of hydrogen-bond donors (Lipinski definition) is 4. The SMILES string of the molecule is CN(C)c1ccc(C(O)(c2ccc(N(C)C)cc2)c2cc(O)c(S(=O)(=O)O)cc2S(=O)(=O)O)cc1. The van der Waals surface area contributed by atoms with Crippen molar-refractivity contribution in [2.24, 2.45) is 0 Å². The van der Waals surface area contributed by atoms with Gasteiger partial charge in [-0.25, -0.2) is 0 Å². The molecule has 0 saturated heterocycles. The second-order valence-electron chi connectivity index (χ2n) is 8.36. The van der Waals surface area contributed by atoms with E-state index in [9.17, 15) is 36.2 Å². The fourth-order valence-corrected chi connectivity index (χ4v) is 5.15. The molecule has 188 valence electrons. The summed E-state index contributed by atoms with van der Waals surface area (Å²) in [4.78, 5) is 1.48. The highest BCUT2D eigenvalue weighted by Crippen LogP contribution is 2.43. The van der Waals surface area contributed by atoms with Crippen LogP contribution in [0.2, 0.25) is 0 Å². The molecule has 0 heterocycles. The summed E-state index contributed by atoms with van der Waals surface area (Å²) in [5.41, 5.74) is -0.887. The molecule has 0 unspecified atom stereocenters. The fraction of sp³-hybridized carbons (Fsp3) is 0.217. The molecule has 3 aromatic carbocycles. The third-order valence-corrected chi connectivity index (χ3v) is 7.39. The number of anilines is 2. The van der Waals surface area contributed by atoms with Gasteiger partial charge in [-0.2, -0.15) is 16.8 Å². The van der Waals surface area contributed by atoms with Gasteiger partial charge in [-0.15, -0.1) is 0 Å². The molecule has 35 heavy (non-hydrogen) atoms. The molecule has 0 spiro atoms. The Labute approximate surface area is 204 Å². The summed E-state index contributed by atoms with van der Waals surface area (Å²) in [5.74, 6) is -1.01. The predicted octanol–water partition coefficient (Wildman–Crippen LogP) is 2.30. The number of phenolic OH excluding ortho intramolecular Hbond substituents is 1. The lowest BCUT2D eigenvalue weighted by molar-refractivity contribution is 0.122. The van der Waals surface area contributed by atoms with Crippen LogP contribution in [0.5, 0.6) is 5.75 Å². The normalized spacial score (nSPS) is 12.4. The lowest BCUT2D eigenvalue weighted by Gasteiger charge is -2.32. The monoisotopic (exact) mass is 522 g/mol. The van der Waals surface area contributed by atoms with E-state index in [0.717, 1.165) is 11.4 Å². The first-order valence-corrected chi connectivity index (χ1v) is 13.1. The van der Waals surface area contributed by atoms with Gasteiger partial charge in [0.25, 0.3) is 20.2 Å². The van der Waals surface area contributed by atoms with Crippen LogP contribution in [0.15, 0.2) is 70.5 Å². The van der Waals surface area contributed by atoms with Crippen LogP contribution >= 0.6 is 0 Å². The van der Waals surface area contributed by atoms with Crippen LogP contribution in [-0.4, -0.2) is 64.3 Å². The van der Waals surface area contributed by atoms with Crippen molar-refractivity contribution in [1.82, 2.24) is 0 Å². The van der Waals surface area contributed by atoms with E-state index in [1.165, 1.54) is 24.3 Å². The van der Waals surface area contributed by atoms with Crippen LogP contribution in [-0.2, 0) is 25.8 Å². The highest BCUT2D eigenvalue weighted by Gasteiger charge is 2.40. The van der Waals surface area contributed by atoms with Crippen LogP contribution in [0.1, 0.15) is 16.7 Å². The Hall–Kier alpha value is -3.16. The molecule has 0 aromatic heterocycles. The third kappa shape index (κ3) is 5.11. The van der Waals surface area contributed by atoms with Crippen LogP contribution in [0, 0.1) is 0 Å². The number of phenols is 1. The summed E-state index contributed by atoms with van der Waals surface area (Å²) in [7, 11) is -2.96. The maximum atomic E-state index is 12.3. The summed E-state index contributed by atoms with van der Waals surface area (Å²) in [6, 6.07) is 14.0. The number of nitrogens with zero attached hydrogens (tertiary/aromatic N) is 2. The molecule has 0 radical (unpaired) electrons. The summed E-state index contributed by atoms with van der Waals surface area (Å²) < 4.78 is 67.3. The van der Waals surface area contributed by atoms with Gasteiger partial charge in [0, 0.05) is 45.1 Å². The molecular weight excluding hydrogens is 496 g/mol. The molecule has 3 rings (SSSR count). The molecule has 12 heteroatoms. The molecule has 0 amide bonds. The van der Waals surface area contributed by atoms with Gasteiger partial charge < -0.3 is 20.0 Å². The van der Waals surface area contributed by atoms with E-state index in [1.54, 1.807) is 24.3 Å². The smallest absolute Gasteiger partial charge is 0.298 e. The average molecular weight is 523 g/mol. The maximum absolute atomic E-state index is 12.3. The largest absolute Gasteiger partial charge is 0.506 e. The van der Waals surface area contributed by atoms with E-state index in [2.05, 4.69) is 0 Å². The van der Waals surface area contributed by atoms with Crippen molar-refractivity contribution in [3.63, 3.8) is 0 Å². The van der Waals surface area contributed by atoms with Gasteiger partial charge in [0.2, 0.25) is 0 Å². The van der Waals surface area contributed by atoms with Crippen molar-refractivity contribution >= 4 is 31.6 Å². The maximum Gasteiger partial charge on any atom is 0.298 e. The van der Waals surface area contributed by atoms with Gasteiger partial charge >= 0.3 is 0 Å². The predicted molar refractivity (Wildman–Crippen MR) is 131 cm³/mol. The van der Waals surface area contributed by atoms with Crippen molar-refractivity contribution in [3.8, 4) is 5.75 Å². The van der Waals surface area contributed by atoms with Crippen LogP contribution in [0.3, 0.4) is 0 Å². The molecular formula is C23H26N2O8S2. The highest BCUT2D eigenvalue weighted by molar-refractivity contribution is 7.86. The number of benzene rings is 3. The van der Waals surface area contributed by atoms with E-state index in [0.29, 0.717) is 12.1 Å². The van der Waals surface area contributed by atoms with Crippen molar-refractivity contribution < 1.29 is 36.2 Å². The van der Waals surface area contributed by atoms with Crippen molar-refractivity contribution in [3.05, 3.63) is 77.4 Å². The van der Waals surface area contributed by atoms with E-state index >= 15 is 0 Å². The summed E-state index contributed by atoms with van der Waals surface area (Å²) in [5, 5.41) is 22.5. The molecule has 0 aliphatic rings. The Kier molecular flexibility index (Phi) is 6.90. The molecule has 0 aliphatic heterocycles. The Morgan fingerprint density at radius 2 is 1.03 bits per heavy atom. The zero-order valence-corrected chi connectivity index (χ0v) is 21.0. The van der Waals surface area contributed by atoms with Gasteiger partial charge in [0.15, 0.2) is 0 Å². The quantitative estimate of drug-likeness (QED) is 0.268. The Morgan fingerprint density at radius 3 is 1.34 bits per heavy atom. The third-order valence-electron chi connectivity index (χ3n) is 5.61. The Bertz CT molecular complexity index is 1400. The molecule has 0 aliphatic carbocycles. The second kappa shape index (κ2) is 9.13. The van der Waals surface area contributed by atoms with Crippen molar-refractivity contribution in [1.29, 1.82) is 0 Å². The minimum Gasteiger partial charge on any atom is -0.506 e. The first-order valence-electron chi connectivity index (χ1n) is 10.2. The zero-order chi connectivity index (χ0) is 26.3. The minimum absolute atomic E-state index is 0.171. The van der Waals surface area contributed by atoms with Crippen LogP contribution in [0.4, 0.5) is 11.4 Å². The fourth-order valence-electron chi connectivity index (χ4n) is 3.73. The van der Waals surface area contributed by atoms with Crippen molar-refractivity contribution in [2.45, 2.75) is 15.4 Å². The van der Waals surface area contributed by atoms with Gasteiger partial charge in [-0.05, 0) is 47.5 Å². The van der Waals surface area contributed by atoms with E-state index in [-0.39, 0.29) is 11.1 Å². The number of rotatable bonds is 7. The molecule has 0 atom stereocenters. The lowest BCUT2D eigenvalue weighted by Crippen LogP contribution is -2.31. The second-order valence-corrected chi connectivity index (χ2v) is 11.1. The van der Waals surface area contributed by atoms with Gasteiger partial charge in [0.1, 0.15) is 21.1 Å². The van der Waals surface area contributed by atoms with Gasteiger partial charge in [0.05, 0.1) is 0 Å². The molecule has 3 aromatic rings. The van der Waals surface area contributed by atoms with E-state index in [1.807, 2.05) is 38.0 Å². The Balaban J connectivity index is 2.44. The summed E-state index contributed by atoms with van der Waals surface area (Å²) >= 11 is 0. The highest BCUT2D eigenvalue weighted by atomic mass is 32.2. The molecule has 0 bridgehead atoms. The topological polar surface area (TPSA) is 156 Å². The number of aliphatic hydroxyl groups is 1. The molecule has 0 saturated carbocycles. The molecule has 0 fully saturated rings. The zero-order valence-electron chi connectivity index (χ0n) is 19.4. The number of aromatic hydroxyl groups is 1. The molecule has 4 N–H and O–H groups in total. The van der Waals surface area contributed by atoms with Gasteiger partial charge in [-0.3, -0.25) is 9.11 Å². The van der Waals surface area contributed by atoms with Crippen molar-refractivity contribution in [2.75, 3.05) is 38.0 Å². The summed E-state index contributed by atoms with van der Waals surface area (Å²) in [6.45, 7) is 0. The van der Waals surface area contributed by atoms with Crippen LogP contribution < -0.4 is 9.80 Å². The standard InChI is InChI=1S/C23H26N2O8S2/c1-24(2)17-9-5-15(6-10-17)23(27,16-7-11-18(12-8-16)25(3)4)19-13-20(26)22(35(31,32)33)14-21(19)34(28,29)30/h5-14,26-27H,1-4H3,(H,28,29,30)(H,31,32,33). The molecule has 10 nitrogen and oxygen atoms in total. The average Bonchev–Trinajstić information content (AvgIpc) is 2.76. The van der Waals surface area contributed by atoms with Crippen LogP contribution in [0.25, 0.3) is 0 Å². The number of hydrogen-bond acceptors (Lipinski definition) is 8. The summed E-state index contributed by atoms with van der Waals surface area (Å²) in [6.07, 6.45) is 0. The van der Waals surface area contributed by atoms with E-state index < -0.39 is 46.9 Å². The first-order chi connectivity index (χ1) is 16.1. The van der Waals surface area contributed by atoms with Gasteiger partial charge in [-0.1, -0.05) is 24.3 Å². The Morgan fingerprint density at radius 1 is 0.657 bits per heavy atom. The van der Waals surface area contributed by atoms with E-state index in [4.69, 9.17) is 0 Å². The first kappa shape index (κ1) is 26.4. The lowest BCUT2D eigenvalue weighted by atomic mass is 9.80.